The second-order valence-electron chi connectivity index (χ2n) is 11.9. The number of nitrogens with two attached hydrogens (primary N) is 1. The molecule has 0 radical (unpaired) electrons. The Hall–Kier alpha value is -0.910. The van der Waals surface area contributed by atoms with Crippen molar-refractivity contribution in [1.82, 2.24) is 5.32 Å². The number of rotatable bonds is 17. The van der Waals surface area contributed by atoms with Gasteiger partial charge in [0.25, 0.3) is 0 Å². The lowest BCUT2D eigenvalue weighted by molar-refractivity contribution is 0.327. The van der Waals surface area contributed by atoms with Crippen molar-refractivity contribution in [2.75, 3.05) is 0 Å². The molecule has 3 rings (SSSR count). The van der Waals surface area contributed by atoms with E-state index in [9.17, 15) is 0 Å². The van der Waals surface area contributed by atoms with Crippen LogP contribution in [0.15, 0.2) is 36.4 Å². The van der Waals surface area contributed by atoms with E-state index >= 15 is 0 Å². The van der Waals surface area contributed by atoms with Crippen molar-refractivity contribution >= 4 is 22.6 Å². The molecule has 3 heteroatoms. The SMILES string of the molecule is CCCCCCCC(N)CC1(NC(I)CCCCCCC)c2cc(C)ccc2-c2ccc(C(C)C)cc21. The summed E-state index contributed by atoms with van der Waals surface area (Å²) in [6, 6.07) is 14.5. The number of unbranched alkanes of at least 4 members (excludes halogenated alkanes) is 8. The third kappa shape index (κ3) is 8.05. The first-order valence-corrected chi connectivity index (χ1v) is 16.5. The summed E-state index contributed by atoms with van der Waals surface area (Å²) in [6.45, 7) is 11.4. The molecule has 0 aromatic heterocycles. The summed E-state index contributed by atoms with van der Waals surface area (Å²) in [6.07, 6.45) is 16.4. The molecular formula is C34H53IN2. The molecule has 2 aromatic carbocycles. The summed E-state index contributed by atoms with van der Waals surface area (Å²) in [5, 5.41) is 4.24. The summed E-state index contributed by atoms with van der Waals surface area (Å²) in [5.41, 5.74) is 15.2. The highest BCUT2D eigenvalue weighted by Crippen LogP contribution is 2.51. The molecule has 0 bridgehead atoms. The van der Waals surface area contributed by atoms with Gasteiger partial charge in [0, 0.05) is 6.04 Å². The monoisotopic (exact) mass is 616 g/mol. The van der Waals surface area contributed by atoms with Gasteiger partial charge < -0.3 is 5.73 Å². The van der Waals surface area contributed by atoms with E-state index < -0.39 is 0 Å². The van der Waals surface area contributed by atoms with Gasteiger partial charge in [-0.1, -0.05) is 156 Å². The molecule has 0 aliphatic heterocycles. The molecule has 3 unspecified atom stereocenters. The van der Waals surface area contributed by atoms with E-state index in [1.54, 1.807) is 0 Å². The first kappa shape index (κ1) is 30.6. The third-order valence-electron chi connectivity index (χ3n) is 8.31. The Morgan fingerprint density at radius 3 is 1.97 bits per heavy atom. The summed E-state index contributed by atoms with van der Waals surface area (Å²) in [7, 11) is 0. The minimum absolute atomic E-state index is 0.185. The fourth-order valence-electron chi connectivity index (χ4n) is 6.11. The van der Waals surface area contributed by atoms with Crippen molar-refractivity contribution in [2.24, 2.45) is 5.73 Å². The van der Waals surface area contributed by atoms with Gasteiger partial charge in [-0.05, 0) is 59.9 Å². The lowest BCUT2D eigenvalue weighted by atomic mass is 9.79. The molecule has 37 heavy (non-hydrogen) atoms. The van der Waals surface area contributed by atoms with Crippen LogP contribution >= 0.6 is 22.6 Å². The number of alkyl halides is 1. The summed E-state index contributed by atoms with van der Waals surface area (Å²) in [5.74, 6) is 0.509. The molecule has 206 valence electrons. The van der Waals surface area contributed by atoms with Crippen molar-refractivity contribution < 1.29 is 0 Å². The van der Waals surface area contributed by atoms with E-state index in [-0.39, 0.29) is 11.6 Å². The van der Waals surface area contributed by atoms with Crippen molar-refractivity contribution in [1.29, 1.82) is 0 Å². The molecule has 0 spiro atoms. The van der Waals surface area contributed by atoms with E-state index in [1.807, 2.05) is 0 Å². The Kier molecular flexibility index (Phi) is 12.4. The standard InChI is InChI=1S/C34H53IN2/c1-6-8-10-12-14-16-28(36)24-34(37-33(35)17-15-13-11-9-7-2)31-22-26(5)18-20-29(31)30-21-19-27(25(3)4)23-32(30)34/h18-23,25,28,33,37H,6-17,24,36H2,1-5H3. The van der Waals surface area contributed by atoms with Gasteiger partial charge >= 0.3 is 0 Å². The minimum Gasteiger partial charge on any atom is -0.328 e. The molecule has 1 aliphatic rings. The largest absolute Gasteiger partial charge is 0.328 e. The molecule has 2 nitrogen and oxygen atoms in total. The van der Waals surface area contributed by atoms with Crippen LogP contribution in [0, 0.1) is 6.92 Å². The lowest BCUT2D eigenvalue weighted by Crippen LogP contribution is -2.49. The average molecular weight is 617 g/mol. The van der Waals surface area contributed by atoms with Crippen LogP contribution in [0.2, 0.25) is 0 Å². The number of hydrogen-bond donors (Lipinski definition) is 2. The predicted octanol–water partition coefficient (Wildman–Crippen LogP) is 10.1. The van der Waals surface area contributed by atoms with Gasteiger partial charge in [-0.2, -0.15) is 0 Å². The van der Waals surface area contributed by atoms with Crippen molar-refractivity contribution in [3.63, 3.8) is 0 Å². The Morgan fingerprint density at radius 1 is 0.784 bits per heavy atom. The predicted molar refractivity (Wildman–Crippen MR) is 172 cm³/mol. The van der Waals surface area contributed by atoms with E-state index in [0.717, 1.165) is 12.8 Å². The molecule has 0 saturated heterocycles. The Morgan fingerprint density at radius 2 is 1.35 bits per heavy atom. The van der Waals surface area contributed by atoms with Crippen LogP contribution in [0.4, 0.5) is 0 Å². The normalized spacial score (nSPS) is 18.2. The maximum atomic E-state index is 6.99. The smallest absolute Gasteiger partial charge is 0.0725 e. The molecule has 1 aliphatic carbocycles. The Bertz CT molecular complexity index is 944. The molecule has 0 amide bonds. The van der Waals surface area contributed by atoms with Crippen LogP contribution in [0.1, 0.15) is 139 Å². The van der Waals surface area contributed by atoms with Gasteiger partial charge in [0.2, 0.25) is 0 Å². The Balaban J connectivity index is 1.94. The van der Waals surface area contributed by atoms with E-state index in [1.165, 1.54) is 104 Å². The Labute approximate surface area is 242 Å². The maximum absolute atomic E-state index is 6.99. The zero-order chi connectivity index (χ0) is 26.8. The first-order valence-electron chi connectivity index (χ1n) is 15.3. The van der Waals surface area contributed by atoms with Gasteiger partial charge in [-0.3, -0.25) is 5.32 Å². The molecule has 3 atom stereocenters. The van der Waals surface area contributed by atoms with Crippen molar-refractivity contribution in [3.8, 4) is 11.1 Å². The van der Waals surface area contributed by atoms with Crippen LogP contribution in [0.25, 0.3) is 11.1 Å². The molecule has 0 saturated carbocycles. The zero-order valence-electron chi connectivity index (χ0n) is 24.3. The molecule has 0 fully saturated rings. The van der Waals surface area contributed by atoms with Crippen molar-refractivity contribution in [2.45, 2.75) is 140 Å². The van der Waals surface area contributed by atoms with Crippen LogP contribution < -0.4 is 11.1 Å². The topological polar surface area (TPSA) is 38.0 Å². The lowest BCUT2D eigenvalue weighted by Gasteiger charge is -2.38. The molecule has 2 aromatic rings. The maximum Gasteiger partial charge on any atom is 0.0725 e. The van der Waals surface area contributed by atoms with Crippen LogP contribution in [-0.2, 0) is 5.54 Å². The highest BCUT2D eigenvalue weighted by molar-refractivity contribution is 14.1. The van der Waals surface area contributed by atoms with Gasteiger partial charge in [-0.25, -0.2) is 0 Å². The quantitative estimate of drug-likeness (QED) is 0.0803. The van der Waals surface area contributed by atoms with Gasteiger partial charge in [0.1, 0.15) is 0 Å². The fourth-order valence-corrected chi connectivity index (χ4v) is 7.08. The fraction of sp³-hybridized carbons (Fsp3) is 0.647. The number of aryl methyl sites for hydroxylation is 1. The number of benzene rings is 2. The highest BCUT2D eigenvalue weighted by Gasteiger charge is 2.45. The van der Waals surface area contributed by atoms with E-state index in [2.05, 4.69) is 98.9 Å². The second kappa shape index (κ2) is 15.0. The summed E-state index contributed by atoms with van der Waals surface area (Å²) < 4.78 is 0.415. The van der Waals surface area contributed by atoms with Gasteiger partial charge in [0.05, 0.1) is 9.59 Å². The molecule has 0 heterocycles. The first-order chi connectivity index (χ1) is 17.8. The number of hydrogen-bond acceptors (Lipinski definition) is 2. The van der Waals surface area contributed by atoms with Crippen LogP contribution in [-0.4, -0.2) is 10.1 Å². The minimum atomic E-state index is -0.223. The van der Waals surface area contributed by atoms with E-state index in [4.69, 9.17) is 5.73 Å². The summed E-state index contributed by atoms with van der Waals surface area (Å²) >= 11 is 2.67. The number of fused-ring (bicyclic) bond motifs is 3. The van der Waals surface area contributed by atoms with Crippen LogP contribution in [0.5, 0.6) is 0 Å². The molecule has 3 N–H and O–H groups in total. The highest BCUT2D eigenvalue weighted by atomic mass is 127. The molecular weight excluding hydrogens is 563 g/mol. The van der Waals surface area contributed by atoms with E-state index in [0.29, 0.717) is 9.97 Å². The van der Waals surface area contributed by atoms with Gasteiger partial charge in [-0.15, -0.1) is 0 Å². The van der Waals surface area contributed by atoms with Crippen molar-refractivity contribution in [3.05, 3.63) is 58.7 Å². The van der Waals surface area contributed by atoms with Crippen LogP contribution in [0.3, 0.4) is 0 Å². The zero-order valence-corrected chi connectivity index (χ0v) is 26.5. The average Bonchev–Trinajstić information content (AvgIpc) is 3.11. The third-order valence-corrected chi connectivity index (χ3v) is 9.24. The second-order valence-corrected chi connectivity index (χ2v) is 13.4. The summed E-state index contributed by atoms with van der Waals surface area (Å²) in [4.78, 5) is 0. The van der Waals surface area contributed by atoms with Gasteiger partial charge in [0.15, 0.2) is 0 Å². The number of halogens is 1. The number of nitrogens with one attached hydrogen (secondary N) is 1.